The Morgan fingerprint density at radius 1 is 1.00 bits per heavy atom. The van der Waals surface area contributed by atoms with Gasteiger partial charge in [0.2, 0.25) is 0 Å². The summed E-state index contributed by atoms with van der Waals surface area (Å²) in [6, 6.07) is 0.495. The summed E-state index contributed by atoms with van der Waals surface area (Å²) in [6.45, 7) is 13.9. The van der Waals surface area contributed by atoms with Gasteiger partial charge in [-0.1, -0.05) is 20.8 Å². The molecule has 3 atom stereocenters. The van der Waals surface area contributed by atoms with Crippen molar-refractivity contribution in [2.75, 3.05) is 33.4 Å². The van der Waals surface area contributed by atoms with E-state index in [2.05, 4.69) is 45.8 Å². The Balaban J connectivity index is 2.29. The summed E-state index contributed by atoms with van der Waals surface area (Å²) in [4.78, 5) is 2.43. The number of hydrogen-bond acceptors (Lipinski definition) is 4. The number of aliphatic hydroxyl groups is 2. The molecule has 1 unspecified atom stereocenters. The first kappa shape index (κ1) is 22.1. The molecule has 0 amide bonds. The summed E-state index contributed by atoms with van der Waals surface area (Å²) in [6.07, 6.45) is 5.34. The zero-order chi connectivity index (χ0) is 18.4. The zero-order valence-corrected chi connectivity index (χ0v) is 17.8. The van der Waals surface area contributed by atoms with Gasteiger partial charge < -0.3 is 19.5 Å². The van der Waals surface area contributed by atoms with Crippen LogP contribution in [0, 0.1) is 11.8 Å². The predicted molar refractivity (Wildman–Crippen MR) is 104 cm³/mol. The van der Waals surface area contributed by atoms with Gasteiger partial charge in [0.05, 0.1) is 0 Å². The predicted octanol–water partition coefficient (Wildman–Crippen LogP) is 3.49. The second kappa shape index (κ2) is 9.67. The standard InChI is InChI=1S/C19H41NO3Si/c1-19(2,3)24(5,6)23-10-8-7-9-20(4)18-12-16(14-21)11-17(13-18)15-22/h16-18,21-22H,7-15H2,1-6H3/t16-,17+,18?. The van der Waals surface area contributed by atoms with Crippen LogP contribution in [0.4, 0.5) is 0 Å². The molecule has 1 aliphatic rings. The van der Waals surface area contributed by atoms with Crippen LogP contribution in [0.3, 0.4) is 0 Å². The van der Waals surface area contributed by atoms with Crippen molar-refractivity contribution >= 4 is 8.32 Å². The van der Waals surface area contributed by atoms with Crippen LogP contribution in [0.15, 0.2) is 0 Å². The fraction of sp³-hybridized carbons (Fsp3) is 1.00. The fourth-order valence-electron chi connectivity index (χ4n) is 3.38. The number of hydrogen-bond donors (Lipinski definition) is 2. The highest BCUT2D eigenvalue weighted by atomic mass is 28.4. The van der Waals surface area contributed by atoms with Gasteiger partial charge in [-0.25, -0.2) is 0 Å². The lowest BCUT2D eigenvalue weighted by molar-refractivity contribution is 0.0611. The minimum atomic E-state index is -1.61. The first-order chi connectivity index (χ1) is 11.1. The number of aliphatic hydroxyl groups excluding tert-OH is 2. The van der Waals surface area contributed by atoms with Crippen molar-refractivity contribution in [3.05, 3.63) is 0 Å². The summed E-state index contributed by atoms with van der Waals surface area (Å²) >= 11 is 0. The Bertz CT molecular complexity index is 345. The molecule has 0 heterocycles. The van der Waals surface area contributed by atoms with Crippen molar-refractivity contribution in [1.82, 2.24) is 4.90 Å². The molecule has 1 aliphatic carbocycles. The van der Waals surface area contributed by atoms with Gasteiger partial charge in [-0.15, -0.1) is 0 Å². The molecular formula is C19H41NO3Si. The Labute approximate surface area is 150 Å². The van der Waals surface area contributed by atoms with Crippen molar-refractivity contribution in [2.24, 2.45) is 11.8 Å². The van der Waals surface area contributed by atoms with E-state index < -0.39 is 8.32 Å². The topological polar surface area (TPSA) is 52.9 Å². The van der Waals surface area contributed by atoms with Crippen molar-refractivity contribution in [3.8, 4) is 0 Å². The lowest BCUT2D eigenvalue weighted by Crippen LogP contribution is -2.42. The normalized spacial score (nSPS) is 26.1. The zero-order valence-electron chi connectivity index (χ0n) is 16.8. The molecule has 0 spiro atoms. The summed E-state index contributed by atoms with van der Waals surface area (Å²) in [5.74, 6) is 0.704. The van der Waals surface area contributed by atoms with E-state index in [-0.39, 0.29) is 18.3 Å². The summed E-state index contributed by atoms with van der Waals surface area (Å²) in [5, 5.41) is 19.2. The van der Waals surface area contributed by atoms with Crippen molar-refractivity contribution in [1.29, 1.82) is 0 Å². The van der Waals surface area contributed by atoms with Crippen LogP contribution >= 0.6 is 0 Å². The summed E-state index contributed by atoms with van der Waals surface area (Å²) in [5.41, 5.74) is 0. The minimum absolute atomic E-state index is 0.251. The molecule has 0 aromatic carbocycles. The van der Waals surface area contributed by atoms with E-state index in [0.29, 0.717) is 17.9 Å². The van der Waals surface area contributed by atoms with E-state index in [4.69, 9.17) is 4.43 Å². The van der Waals surface area contributed by atoms with Crippen molar-refractivity contribution in [3.63, 3.8) is 0 Å². The molecule has 0 radical (unpaired) electrons. The van der Waals surface area contributed by atoms with Gasteiger partial charge in [0.1, 0.15) is 0 Å². The van der Waals surface area contributed by atoms with Gasteiger partial charge in [0.25, 0.3) is 0 Å². The van der Waals surface area contributed by atoms with E-state index in [1.165, 1.54) is 0 Å². The molecular weight excluding hydrogens is 318 g/mol. The average Bonchev–Trinajstić information content (AvgIpc) is 2.52. The molecule has 0 aromatic rings. The Morgan fingerprint density at radius 2 is 1.54 bits per heavy atom. The second-order valence-corrected chi connectivity index (χ2v) is 14.1. The molecule has 24 heavy (non-hydrogen) atoms. The third-order valence-corrected chi connectivity index (χ3v) is 10.7. The molecule has 144 valence electrons. The molecule has 0 aliphatic heterocycles. The first-order valence-corrected chi connectivity index (χ1v) is 12.6. The van der Waals surface area contributed by atoms with E-state index in [1.54, 1.807) is 0 Å². The van der Waals surface area contributed by atoms with Gasteiger partial charge in [-0.3, -0.25) is 0 Å². The van der Waals surface area contributed by atoms with Crippen LogP contribution in [0.5, 0.6) is 0 Å². The molecule has 1 fully saturated rings. The van der Waals surface area contributed by atoms with Crippen LogP contribution < -0.4 is 0 Å². The maximum atomic E-state index is 9.48. The van der Waals surface area contributed by atoms with Crippen LogP contribution in [-0.2, 0) is 4.43 Å². The van der Waals surface area contributed by atoms with Gasteiger partial charge in [-0.05, 0) is 75.7 Å². The lowest BCUT2D eigenvalue weighted by Gasteiger charge is -2.38. The Hall–Kier alpha value is 0.0569. The fourth-order valence-corrected chi connectivity index (χ4v) is 4.46. The monoisotopic (exact) mass is 359 g/mol. The Kier molecular flexibility index (Phi) is 8.90. The van der Waals surface area contributed by atoms with Crippen LogP contribution in [-0.4, -0.2) is 62.9 Å². The average molecular weight is 360 g/mol. The van der Waals surface area contributed by atoms with E-state index in [0.717, 1.165) is 45.3 Å². The molecule has 1 saturated carbocycles. The molecule has 0 saturated heterocycles. The summed E-state index contributed by atoms with van der Waals surface area (Å²) in [7, 11) is 0.576. The number of unbranched alkanes of at least 4 members (excludes halogenated alkanes) is 1. The highest BCUT2D eigenvalue weighted by molar-refractivity contribution is 6.74. The SMILES string of the molecule is CN(CCCCO[Si](C)(C)C(C)(C)C)C1C[C@@H](CO)C[C@@H](CO)C1. The quantitative estimate of drug-likeness (QED) is 0.489. The van der Waals surface area contributed by atoms with Crippen LogP contribution in [0.1, 0.15) is 52.9 Å². The smallest absolute Gasteiger partial charge is 0.191 e. The van der Waals surface area contributed by atoms with Crippen LogP contribution in [0.2, 0.25) is 18.1 Å². The largest absolute Gasteiger partial charge is 0.417 e. The van der Waals surface area contributed by atoms with Crippen molar-refractivity contribution < 1.29 is 14.6 Å². The Morgan fingerprint density at radius 3 is 2.00 bits per heavy atom. The van der Waals surface area contributed by atoms with Gasteiger partial charge in [0.15, 0.2) is 8.32 Å². The van der Waals surface area contributed by atoms with Gasteiger partial charge >= 0.3 is 0 Å². The molecule has 2 N–H and O–H groups in total. The molecule has 5 heteroatoms. The van der Waals surface area contributed by atoms with E-state index in [1.807, 2.05) is 0 Å². The number of rotatable bonds is 9. The van der Waals surface area contributed by atoms with Crippen molar-refractivity contribution in [2.45, 2.75) is 77.0 Å². The number of nitrogens with zero attached hydrogens (tertiary/aromatic N) is 1. The molecule has 0 aromatic heterocycles. The first-order valence-electron chi connectivity index (χ1n) is 9.66. The van der Waals surface area contributed by atoms with E-state index in [9.17, 15) is 10.2 Å². The van der Waals surface area contributed by atoms with E-state index >= 15 is 0 Å². The summed E-state index contributed by atoms with van der Waals surface area (Å²) < 4.78 is 6.24. The maximum absolute atomic E-state index is 9.48. The second-order valence-electron chi connectivity index (χ2n) is 9.25. The highest BCUT2D eigenvalue weighted by Crippen LogP contribution is 2.36. The minimum Gasteiger partial charge on any atom is -0.417 e. The highest BCUT2D eigenvalue weighted by Gasteiger charge is 2.36. The van der Waals surface area contributed by atoms with Crippen LogP contribution in [0.25, 0.3) is 0 Å². The third kappa shape index (κ3) is 6.75. The molecule has 1 rings (SSSR count). The van der Waals surface area contributed by atoms with Gasteiger partial charge in [0, 0.05) is 25.9 Å². The maximum Gasteiger partial charge on any atom is 0.191 e. The molecule has 4 nitrogen and oxygen atoms in total. The third-order valence-electron chi connectivity index (χ3n) is 6.19. The lowest BCUT2D eigenvalue weighted by atomic mass is 9.78. The molecule has 0 bridgehead atoms. The van der Waals surface area contributed by atoms with Gasteiger partial charge in [-0.2, -0.15) is 0 Å².